The molecule has 0 atom stereocenters. The lowest BCUT2D eigenvalue weighted by atomic mass is 9.90. The number of anilines is 3. The fourth-order valence-electron chi connectivity index (χ4n) is 9.13. The van der Waals surface area contributed by atoms with E-state index in [1.165, 1.54) is 21.5 Å². The van der Waals surface area contributed by atoms with E-state index in [0.717, 1.165) is 94.0 Å². The lowest BCUT2D eigenvalue weighted by Gasteiger charge is -2.26. The summed E-state index contributed by atoms with van der Waals surface area (Å²) in [4.78, 5) is 7.16. The SMILES string of the molecule is Cn1nc2cccc(N(c3ccc(-c4c5ccccc5cc5ccccc45)c4nn(C)nc34)c3ccc(-c4c5ccccc5cc5ccccc45)c4nn(C)nc34)c2n1. The van der Waals surface area contributed by atoms with Crippen LogP contribution in [0.5, 0.6) is 0 Å². The summed E-state index contributed by atoms with van der Waals surface area (Å²) >= 11 is 0. The zero-order valence-electron chi connectivity index (χ0n) is 32.4. The van der Waals surface area contributed by atoms with Gasteiger partial charge in [0.25, 0.3) is 0 Å². The van der Waals surface area contributed by atoms with Crippen molar-refractivity contribution in [2.75, 3.05) is 4.90 Å². The van der Waals surface area contributed by atoms with Crippen LogP contribution in [0.3, 0.4) is 0 Å². The van der Waals surface area contributed by atoms with E-state index in [9.17, 15) is 0 Å². The summed E-state index contributed by atoms with van der Waals surface area (Å²) in [5.41, 5.74) is 11.3. The Morgan fingerprint density at radius 3 is 1.17 bits per heavy atom. The van der Waals surface area contributed by atoms with Crippen LogP contribution in [-0.2, 0) is 21.1 Å². The Labute approximate surface area is 337 Å². The van der Waals surface area contributed by atoms with Gasteiger partial charge in [0, 0.05) is 32.3 Å². The average molecular weight is 763 g/mol. The highest BCUT2D eigenvalue weighted by molar-refractivity contribution is 6.20. The van der Waals surface area contributed by atoms with Crippen LogP contribution < -0.4 is 4.90 Å². The lowest BCUT2D eigenvalue weighted by molar-refractivity contribution is 0.665. The molecule has 10 heteroatoms. The van der Waals surface area contributed by atoms with Gasteiger partial charge in [-0.1, -0.05) is 103 Å². The quantitative estimate of drug-likeness (QED) is 0.161. The molecule has 59 heavy (non-hydrogen) atoms. The lowest BCUT2D eigenvalue weighted by Crippen LogP contribution is -2.12. The molecular weight excluding hydrogens is 729 g/mol. The van der Waals surface area contributed by atoms with Gasteiger partial charge in [0.2, 0.25) is 0 Å². The standard InChI is InChI=1S/C49H34N10/c1-56-50-39-21-12-22-40(47(39)53-56)59(41-25-23-37(45-48(41)54-57(2)51-45)43-33-17-8-4-13-29(33)27-30-14-5-9-18-34(30)43)42-26-24-38(46-49(42)55-58(3)52-46)44-35-19-10-6-15-31(35)28-32-16-7-11-20-36(32)44/h4-28H,1-3H3. The first-order valence-corrected chi connectivity index (χ1v) is 19.6. The van der Waals surface area contributed by atoms with Gasteiger partial charge in [-0.25, -0.2) is 0 Å². The predicted molar refractivity (Wildman–Crippen MR) is 238 cm³/mol. The third-order valence-electron chi connectivity index (χ3n) is 11.5. The Morgan fingerprint density at radius 1 is 0.339 bits per heavy atom. The first-order valence-electron chi connectivity index (χ1n) is 19.6. The number of nitrogens with zero attached hydrogens (tertiary/aromatic N) is 10. The summed E-state index contributed by atoms with van der Waals surface area (Å²) in [6.07, 6.45) is 0. The first-order chi connectivity index (χ1) is 29.0. The predicted octanol–water partition coefficient (Wildman–Crippen LogP) is 10.9. The molecule has 0 saturated carbocycles. The second-order valence-electron chi connectivity index (χ2n) is 15.1. The molecule has 10 nitrogen and oxygen atoms in total. The molecule has 12 aromatic rings. The van der Waals surface area contributed by atoms with Crippen LogP contribution in [-0.4, -0.2) is 45.0 Å². The van der Waals surface area contributed by atoms with E-state index in [4.69, 9.17) is 30.6 Å². The maximum atomic E-state index is 5.12. The zero-order valence-corrected chi connectivity index (χ0v) is 32.4. The molecule has 0 bridgehead atoms. The van der Waals surface area contributed by atoms with E-state index in [-0.39, 0.29) is 0 Å². The highest BCUT2D eigenvalue weighted by atomic mass is 15.5. The Bertz CT molecular complexity index is 3380. The maximum Gasteiger partial charge on any atom is 0.137 e. The smallest absolute Gasteiger partial charge is 0.137 e. The van der Waals surface area contributed by atoms with Gasteiger partial charge in [0.05, 0.1) is 17.1 Å². The van der Waals surface area contributed by atoms with Crippen LogP contribution >= 0.6 is 0 Å². The van der Waals surface area contributed by atoms with Crippen molar-refractivity contribution in [3.8, 4) is 22.3 Å². The molecule has 9 aromatic carbocycles. The molecule has 12 rings (SSSR count). The van der Waals surface area contributed by atoms with Gasteiger partial charge in [0.1, 0.15) is 33.1 Å². The molecule has 3 heterocycles. The van der Waals surface area contributed by atoms with E-state index in [2.05, 4.69) is 144 Å². The minimum absolute atomic E-state index is 0.740. The molecule has 0 saturated heterocycles. The molecular formula is C49H34N10. The first kappa shape index (κ1) is 33.2. The van der Waals surface area contributed by atoms with E-state index in [0.29, 0.717) is 0 Å². The maximum absolute atomic E-state index is 5.12. The van der Waals surface area contributed by atoms with Crippen LogP contribution in [0.15, 0.2) is 152 Å². The van der Waals surface area contributed by atoms with Crippen molar-refractivity contribution in [1.29, 1.82) is 0 Å². The minimum Gasteiger partial charge on any atom is -0.304 e. The number of hydrogen-bond donors (Lipinski definition) is 0. The van der Waals surface area contributed by atoms with Crippen molar-refractivity contribution < 1.29 is 0 Å². The fraction of sp³-hybridized carbons (Fsp3) is 0.0612. The number of fused-ring (bicyclic) bond motifs is 7. The number of benzene rings is 9. The van der Waals surface area contributed by atoms with Gasteiger partial charge in [-0.2, -0.15) is 45.0 Å². The van der Waals surface area contributed by atoms with E-state index < -0.39 is 0 Å². The molecule has 3 aromatic heterocycles. The molecule has 0 aliphatic carbocycles. The molecule has 0 radical (unpaired) electrons. The van der Waals surface area contributed by atoms with Crippen molar-refractivity contribution in [2.24, 2.45) is 21.1 Å². The highest BCUT2D eigenvalue weighted by Gasteiger charge is 2.28. The Morgan fingerprint density at radius 2 is 0.712 bits per heavy atom. The molecule has 0 N–H and O–H groups in total. The average Bonchev–Trinajstić information content (AvgIpc) is 3.97. The van der Waals surface area contributed by atoms with Gasteiger partial charge in [-0.3, -0.25) is 0 Å². The topological polar surface area (TPSA) is 95.4 Å². The van der Waals surface area contributed by atoms with E-state index in [1.54, 1.807) is 14.4 Å². The van der Waals surface area contributed by atoms with Crippen molar-refractivity contribution in [3.63, 3.8) is 0 Å². The monoisotopic (exact) mass is 762 g/mol. The Kier molecular flexibility index (Phi) is 7.04. The molecule has 0 spiro atoms. The van der Waals surface area contributed by atoms with E-state index >= 15 is 0 Å². The van der Waals surface area contributed by atoms with Crippen LogP contribution in [0.4, 0.5) is 17.1 Å². The Hall–Kier alpha value is -7.98. The minimum atomic E-state index is 0.740. The Balaban J connectivity index is 1.16. The number of rotatable bonds is 5. The normalized spacial score (nSPS) is 12.0. The molecule has 0 amide bonds. The molecule has 0 fully saturated rings. The fourth-order valence-corrected chi connectivity index (χ4v) is 9.13. The van der Waals surface area contributed by atoms with Crippen molar-refractivity contribution in [3.05, 3.63) is 152 Å². The molecule has 0 aliphatic rings. The summed E-state index contributed by atoms with van der Waals surface area (Å²) in [5, 5.41) is 39.3. The molecule has 0 aliphatic heterocycles. The number of aromatic nitrogens is 9. The number of hydrogen-bond acceptors (Lipinski definition) is 7. The van der Waals surface area contributed by atoms with Crippen molar-refractivity contribution >= 4 is 93.3 Å². The second-order valence-corrected chi connectivity index (χ2v) is 15.1. The van der Waals surface area contributed by atoms with Gasteiger partial charge in [-0.15, -0.1) is 0 Å². The van der Waals surface area contributed by atoms with Crippen LogP contribution in [0.1, 0.15) is 0 Å². The zero-order chi connectivity index (χ0) is 39.4. The van der Waals surface area contributed by atoms with Gasteiger partial charge >= 0.3 is 0 Å². The van der Waals surface area contributed by atoms with Crippen LogP contribution in [0.25, 0.3) is 98.4 Å². The van der Waals surface area contributed by atoms with Gasteiger partial charge < -0.3 is 4.90 Å². The third-order valence-corrected chi connectivity index (χ3v) is 11.5. The summed E-state index contributed by atoms with van der Waals surface area (Å²) < 4.78 is 0. The van der Waals surface area contributed by atoms with Crippen LogP contribution in [0, 0.1) is 0 Å². The molecule has 0 unspecified atom stereocenters. The summed E-state index contributed by atoms with van der Waals surface area (Å²) in [6, 6.07) is 53.6. The highest BCUT2D eigenvalue weighted by Crippen LogP contribution is 2.48. The summed E-state index contributed by atoms with van der Waals surface area (Å²) in [5.74, 6) is 0. The van der Waals surface area contributed by atoms with Crippen molar-refractivity contribution in [1.82, 2.24) is 45.0 Å². The van der Waals surface area contributed by atoms with E-state index in [1.807, 2.05) is 33.3 Å². The number of aryl methyl sites for hydroxylation is 3. The summed E-state index contributed by atoms with van der Waals surface area (Å²) in [6.45, 7) is 0. The van der Waals surface area contributed by atoms with Gasteiger partial charge in [-0.05, 0) is 103 Å². The van der Waals surface area contributed by atoms with Crippen LogP contribution in [0.2, 0.25) is 0 Å². The third kappa shape index (κ3) is 4.99. The summed E-state index contributed by atoms with van der Waals surface area (Å²) in [7, 11) is 5.61. The van der Waals surface area contributed by atoms with Gasteiger partial charge in [0.15, 0.2) is 0 Å². The van der Waals surface area contributed by atoms with Crippen molar-refractivity contribution in [2.45, 2.75) is 0 Å². The second kappa shape index (κ2) is 12.5. The molecule has 280 valence electrons. The largest absolute Gasteiger partial charge is 0.304 e.